The van der Waals surface area contributed by atoms with Crippen LogP contribution < -0.4 is 5.32 Å². The molecule has 0 atom stereocenters. The number of likely N-dealkylation sites (N-methyl/N-ethyl adjacent to an activating group) is 1. The van der Waals surface area contributed by atoms with Gasteiger partial charge in [0.2, 0.25) is 5.91 Å². The average molecular weight is 324 g/mol. The van der Waals surface area contributed by atoms with Crippen molar-refractivity contribution in [1.82, 2.24) is 10.2 Å². The Morgan fingerprint density at radius 3 is 2.08 bits per heavy atom. The molecule has 3 nitrogen and oxygen atoms in total. The molecule has 0 aromatic heterocycles. The van der Waals surface area contributed by atoms with Gasteiger partial charge in [-0.2, -0.15) is 0 Å². The highest BCUT2D eigenvalue weighted by Crippen LogP contribution is 2.19. The van der Waals surface area contributed by atoms with E-state index in [0.29, 0.717) is 6.54 Å². The fourth-order valence-electron chi connectivity index (χ4n) is 2.63. The molecule has 128 valence electrons. The summed E-state index contributed by atoms with van der Waals surface area (Å²) < 4.78 is 0. The van der Waals surface area contributed by atoms with Gasteiger partial charge in [-0.3, -0.25) is 9.69 Å². The molecule has 24 heavy (non-hydrogen) atoms. The highest BCUT2D eigenvalue weighted by atomic mass is 16.2. The van der Waals surface area contributed by atoms with Crippen LogP contribution in [-0.4, -0.2) is 29.4 Å². The van der Waals surface area contributed by atoms with Crippen molar-refractivity contribution in [3.8, 4) is 11.1 Å². The van der Waals surface area contributed by atoms with Crippen molar-refractivity contribution in [2.24, 2.45) is 0 Å². The molecular weight excluding hydrogens is 296 g/mol. The van der Waals surface area contributed by atoms with Gasteiger partial charge in [0.15, 0.2) is 0 Å². The summed E-state index contributed by atoms with van der Waals surface area (Å²) in [6.45, 7) is 10.1. The summed E-state index contributed by atoms with van der Waals surface area (Å²) >= 11 is 0. The van der Waals surface area contributed by atoms with Crippen LogP contribution in [0.25, 0.3) is 11.1 Å². The van der Waals surface area contributed by atoms with Gasteiger partial charge in [-0.1, -0.05) is 61.5 Å². The van der Waals surface area contributed by atoms with E-state index in [1.165, 1.54) is 16.7 Å². The fraction of sp³-hybridized carbons (Fsp3) is 0.381. The Kier molecular flexibility index (Phi) is 6.16. The Morgan fingerprint density at radius 2 is 1.54 bits per heavy atom. The third-order valence-corrected chi connectivity index (χ3v) is 3.80. The quantitative estimate of drug-likeness (QED) is 0.868. The van der Waals surface area contributed by atoms with Gasteiger partial charge < -0.3 is 5.32 Å². The molecule has 1 amide bonds. The van der Waals surface area contributed by atoms with Crippen molar-refractivity contribution in [3.63, 3.8) is 0 Å². The van der Waals surface area contributed by atoms with Crippen LogP contribution in [0.15, 0.2) is 54.6 Å². The lowest BCUT2D eigenvalue weighted by Gasteiger charge is -2.25. The third kappa shape index (κ3) is 5.82. The molecule has 1 N–H and O–H groups in total. The van der Waals surface area contributed by atoms with E-state index in [1.54, 1.807) is 0 Å². The van der Waals surface area contributed by atoms with Crippen LogP contribution in [0.4, 0.5) is 0 Å². The number of benzene rings is 2. The molecule has 0 aliphatic heterocycles. The lowest BCUT2D eigenvalue weighted by atomic mass is 10.0. The number of hydrogen-bond acceptors (Lipinski definition) is 2. The summed E-state index contributed by atoms with van der Waals surface area (Å²) in [5.41, 5.74) is 3.47. The minimum atomic E-state index is -0.187. The van der Waals surface area contributed by atoms with Gasteiger partial charge in [-0.25, -0.2) is 0 Å². The van der Waals surface area contributed by atoms with Gasteiger partial charge in [0.25, 0.3) is 0 Å². The highest BCUT2D eigenvalue weighted by molar-refractivity contribution is 5.78. The van der Waals surface area contributed by atoms with Crippen LogP contribution in [-0.2, 0) is 11.3 Å². The van der Waals surface area contributed by atoms with Crippen molar-refractivity contribution in [2.75, 3.05) is 13.1 Å². The number of rotatable bonds is 6. The number of carbonyl (C=O) groups excluding carboxylic acids is 1. The highest BCUT2D eigenvalue weighted by Gasteiger charge is 2.16. The molecule has 2 aromatic rings. The maximum Gasteiger partial charge on any atom is 0.234 e. The van der Waals surface area contributed by atoms with Crippen LogP contribution >= 0.6 is 0 Å². The van der Waals surface area contributed by atoms with E-state index in [-0.39, 0.29) is 11.4 Å². The zero-order valence-corrected chi connectivity index (χ0v) is 15.2. The van der Waals surface area contributed by atoms with Gasteiger partial charge >= 0.3 is 0 Å². The smallest absolute Gasteiger partial charge is 0.234 e. The van der Waals surface area contributed by atoms with Crippen LogP contribution in [0.5, 0.6) is 0 Å². The molecule has 0 saturated heterocycles. The lowest BCUT2D eigenvalue weighted by Crippen LogP contribution is -2.45. The van der Waals surface area contributed by atoms with Crippen molar-refractivity contribution in [2.45, 2.75) is 39.8 Å². The maximum absolute atomic E-state index is 12.1. The Labute approximate surface area is 145 Å². The first kappa shape index (κ1) is 18.2. The number of nitrogens with one attached hydrogen (secondary N) is 1. The molecule has 0 bridgehead atoms. The Hall–Kier alpha value is -2.13. The van der Waals surface area contributed by atoms with E-state index >= 15 is 0 Å². The molecule has 0 unspecified atom stereocenters. The van der Waals surface area contributed by atoms with Crippen molar-refractivity contribution in [1.29, 1.82) is 0 Å². The fourth-order valence-corrected chi connectivity index (χ4v) is 2.63. The molecule has 2 rings (SSSR count). The van der Waals surface area contributed by atoms with E-state index in [4.69, 9.17) is 0 Å². The number of nitrogens with zero attached hydrogens (tertiary/aromatic N) is 1. The van der Waals surface area contributed by atoms with Gasteiger partial charge in [0.1, 0.15) is 0 Å². The van der Waals surface area contributed by atoms with Crippen molar-refractivity contribution < 1.29 is 4.79 Å². The SMILES string of the molecule is CCN(CC(=O)NC(C)(C)C)Cc1ccc(-c2ccccc2)cc1. The molecular formula is C21H28N2O. The Bertz CT molecular complexity index is 642. The summed E-state index contributed by atoms with van der Waals surface area (Å²) in [6.07, 6.45) is 0. The van der Waals surface area contributed by atoms with E-state index in [9.17, 15) is 4.79 Å². The van der Waals surface area contributed by atoms with E-state index in [2.05, 4.69) is 65.7 Å². The number of carbonyl (C=O) groups is 1. The van der Waals surface area contributed by atoms with Gasteiger partial charge in [-0.15, -0.1) is 0 Å². The summed E-state index contributed by atoms with van der Waals surface area (Å²) in [5.74, 6) is 0.0743. The first-order valence-corrected chi connectivity index (χ1v) is 8.55. The minimum Gasteiger partial charge on any atom is -0.350 e. The molecule has 0 saturated carbocycles. The standard InChI is InChI=1S/C21H28N2O/c1-5-23(16-20(24)22-21(2,3)4)15-17-11-13-19(14-12-17)18-9-7-6-8-10-18/h6-14H,5,15-16H2,1-4H3,(H,22,24). The molecule has 0 heterocycles. The Balaban J connectivity index is 1.97. The zero-order valence-electron chi connectivity index (χ0n) is 15.2. The minimum absolute atomic E-state index is 0.0743. The second kappa shape index (κ2) is 8.11. The van der Waals surface area contributed by atoms with Crippen molar-refractivity contribution >= 4 is 5.91 Å². The van der Waals surface area contributed by atoms with Crippen molar-refractivity contribution in [3.05, 3.63) is 60.2 Å². The number of hydrogen-bond donors (Lipinski definition) is 1. The van der Waals surface area contributed by atoms with Gasteiger partial charge in [-0.05, 0) is 44.0 Å². The van der Waals surface area contributed by atoms with Crippen LogP contribution in [0.1, 0.15) is 33.3 Å². The summed E-state index contributed by atoms with van der Waals surface area (Å²) in [6, 6.07) is 18.9. The summed E-state index contributed by atoms with van der Waals surface area (Å²) in [5, 5.41) is 3.02. The molecule has 3 heteroatoms. The predicted octanol–water partition coefficient (Wildman–Crippen LogP) is 4.09. The second-order valence-corrected chi connectivity index (χ2v) is 7.16. The normalized spacial score (nSPS) is 11.5. The molecule has 2 aromatic carbocycles. The van der Waals surface area contributed by atoms with E-state index < -0.39 is 0 Å². The summed E-state index contributed by atoms with van der Waals surface area (Å²) in [7, 11) is 0. The van der Waals surface area contributed by atoms with Gasteiger partial charge in [0, 0.05) is 12.1 Å². The molecule has 0 spiro atoms. The molecule has 0 fully saturated rings. The largest absolute Gasteiger partial charge is 0.350 e. The van der Waals surface area contributed by atoms with Crippen LogP contribution in [0.3, 0.4) is 0 Å². The Morgan fingerprint density at radius 1 is 0.958 bits per heavy atom. The van der Waals surface area contributed by atoms with Crippen LogP contribution in [0.2, 0.25) is 0 Å². The molecule has 0 aliphatic carbocycles. The third-order valence-electron chi connectivity index (χ3n) is 3.80. The first-order valence-electron chi connectivity index (χ1n) is 8.55. The molecule has 0 radical (unpaired) electrons. The van der Waals surface area contributed by atoms with E-state index in [1.807, 2.05) is 26.8 Å². The maximum atomic E-state index is 12.1. The molecule has 0 aliphatic rings. The number of amides is 1. The first-order chi connectivity index (χ1) is 11.4. The monoisotopic (exact) mass is 324 g/mol. The zero-order chi connectivity index (χ0) is 17.6. The predicted molar refractivity (Wildman–Crippen MR) is 101 cm³/mol. The van der Waals surface area contributed by atoms with Crippen LogP contribution in [0, 0.1) is 0 Å². The van der Waals surface area contributed by atoms with E-state index in [0.717, 1.165) is 13.1 Å². The van der Waals surface area contributed by atoms with Gasteiger partial charge in [0.05, 0.1) is 6.54 Å². The second-order valence-electron chi connectivity index (χ2n) is 7.16. The lowest BCUT2D eigenvalue weighted by molar-refractivity contribution is -0.123. The topological polar surface area (TPSA) is 32.3 Å². The average Bonchev–Trinajstić information content (AvgIpc) is 2.54. The summed E-state index contributed by atoms with van der Waals surface area (Å²) in [4.78, 5) is 14.3.